The Morgan fingerprint density at radius 2 is 1.96 bits per heavy atom. The van der Waals surface area contributed by atoms with Crippen molar-refractivity contribution in [3.63, 3.8) is 0 Å². The molecule has 7 heteroatoms. The Balaban J connectivity index is 2.36. The van der Waals surface area contributed by atoms with Gasteiger partial charge in [-0.15, -0.1) is 0 Å². The standard InChI is InChI=1S/C17H18N2O5/c1-23-17(20)13-6-2-3-7-15(13)24-16-9-8-12(5-4-10-18)11-14(16)19(21)22/h2-3,6-9,11H,4-5,10,18H2,1H3. The molecule has 0 atom stereocenters. The molecule has 0 unspecified atom stereocenters. The molecule has 0 heterocycles. The molecule has 0 radical (unpaired) electrons. The number of rotatable bonds is 7. The van der Waals surface area contributed by atoms with Crippen molar-refractivity contribution < 1.29 is 19.2 Å². The molecule has 2 rings (SSSR count). The van der Waals surface area contributed by atoms with Gasteiger partial charge < -0.3 is 15.2 Å². The van der Waals surface area contributed by atoms with Crippen molar-refractivity contribution in [2.75, 3.05) is 13.7 Å². The minimum atomic E-state index is -0.576. The van der Waals surface area contributed by atoms with Crippen LogP contribution in [0.4, 0.5) is 5.69 Å². The first-order valence-electron chi connectivity index (χ1n) is 7.39. The molecule has 7 nitrogen and oxygen atoms in total. The molecule has 2 N–H and O–H groups in total. The van der Waals surface area contributed by atoms with E-state index < -0.39 is 10.9 Å². The lowest BCUT2D eigenvalue weighted by molar-refractivity contribution is -0.385. The van der Waals surface area contributed by atoms with E-state index in [9.17, 15) is 14.9 Å². The van der Waals surface area contributed by atoms with E-state index in [1.54, 1.807) is 24.3 Å². The van der Waals surface area contributed by atoms with E-state index in [1.807, 2.05) is 0 Å². The summed E-state index contributed by atoms with van der Waals surface area (Å²) in [6.07, 6.45) is 1.39. The Bertz CT molecular complexity index is 746. The average Bonchev–Trinajstić information content (AvgIpc) is 2.60. The predicted molar refractivity (Wildman–Crippen MR) is 88.3 cm³/mol. The molecular formula is C17H18N2O5. The van der Waals surface area contributed by atoms with E-state index in [2.05, 4.69) is 0 Å². The normalized spacial score (nSPS) is 10.2. The van der Waals surface area contributed by atoms with E-state index in [-0.39, 0.29) is 22.7 Å². The number of aryl methyl sites for hydroxylation is 1. The number of hydrogen-bond donors (Lipinski definition) is 1. The van der Waals surface area contributed by atoms with Crippen molar-refractivity contribution in [2.24, 2.45) is 5.73 Å². The maximum Gasteiger partial charge on any atom is 0.341 e. The number of nitro groups is 1. The average molecular weight is 330 g/mol. The monoisotopic (exact) mass is 330 g/mol. The third-order valence-electron chi connectivity index (χ3n) is 3.40. The van der Waals surface area contributed by atoms with Crippen molar-refractivity contribution in [1.82, 2.24) is 0 Å². The van der Waals surface area contributed by atoms with Gasteiger partial charge in [0.05, 0.1) is 12.0 Å². The van der Waals surface area contributed by atoms with Gasteiger partial charge in [0.15, 0.2) is 0 Å². The lowest BCUT2D eigenvalue weighted by Gasteiger charge is -2.11. The second-order valence-corrected chi connectivity index (χ2v) is 5.04. The first kappa shape index (κ1) is 17.4. The summed E-state index contributed by atoms with van der Waals surface area (Å²) in [4.78, 5) is 22.6. The Morgan fingerprint density at radius 3 is 2.62 bits per heavy atom. The topological polar surface area (TPSA) is 105 Å². The fourth-order valence-corrected chi connectivity index (χ4v) is 2.21. The van der Waals surface area contributed by atoms with Crippen molar-refractivity contribution >= 4 is 11.7 Å². The zero-order valence-corrected chi connectivity index (χ0v) is 13.2. The maximum atomic E-state index is 11.8. The molecular weight excluding hydrogens is 312 g/mol. The number of para-hydroxylation sites is 1. The SMILES string of the molecule is COC(=O)c1ccccc1Oc1ccc(CCCN)cc1[N+](=O)[O-]. The molecule has 0 aromatic heterocycles. The van der Waals surface area contributed by atoms with Crippen LogP contribution in [0.25, 0.3) is 0 Å². The molecule has 0 aliphatic heterocycles. The maximum absolute atomic E-state index is 11.8. The number of methoxy groups -OCH3 is 1. The minimum Gasteiger partial charge on any atom is -0.465 e. The number of hydrogen-bond acceptors (Lipinski definition) is 6. The van der Waals surface area contributed by atoms with Gasteiger partial charge in [0.2, 0.25) is 5.75 Å². The second kappa shape index (κ2) is 8.07. The highest BCUT2D eigenvalue weighted by Gasteiger charge is 2.19. The van der Waals surface area contributed by atoms with Crippen molar-refractivity contribution in [3.05, 3.63) is 63.7 Å². The zero-order chi connectivity index (χ0) is 17.5. The van der Waals surface area contributed by atoms with E-state index in [4.69, 9.17) is 15.2 Å². The number of carbonyl (C=O) groups is 1. The smallest absolute Gasteiger partial charge is 0.341 e. The molecule has 24 heavy (non-hydrogen) atoms. The number of nitro benzene ring substituents is 1. The van der Waals surface area contributed by atoms with Crippen LogP contribution < -0.4 is 10.5 Å². The largest absolute Gasteiger partial charge is 0.465 e. The summed E-state index contributed by atoms with van der Waals surface area (Å²) in [6, 6.07) is 11.1. The number of benzene rings is 2. The Labute approximate surface area is 139 Å². The van der Waals surface area contributed by atoms with Crippen molar-refractivity contribution in [1.29, 1.82) is 0 Å². The van der Waals surface area contributed by atoms with E-state index >= 15 is 0 Å². The first-order valence-corrected chi connectivity index (χ1v) is 7.39. The van der Waals surface area contributed by atoms with E-state index in [0.29, 0.717) is 13.0 Å². The van der Waals surface area contributed by atoms with Crippen LogP contribution in [0.3, 0.4) is 0 Å². The third kappa shape index (κ3) is 4.08. The van der Waals surface area contributed by atoms with Crippen LogP contribution in [0, 0.1) is 10.1 Å². The third-order valence-corrected chi connectivity index (χ3v) is 3.40. The quantitative estimate of drug-likeness (QED) is 0.475. The van der Waals surface area contributed by atoms with Crippen LogP contribution in [0.15, 0.2) is 42.5 Å². The van der Waals surface area contributed by atoms with Crippen LogP contribution in [0.5, 0.6) is 11.5 Å². The summed E-state index contributed by atoms with van der Waals surface area (Å²) in [5, 5.41) is 11.3. The molecule has 0 bridgehead atoms. The number of nitrogens with zero attached hydrogens (tertiary/aromatic N) is 1. The lowest BCUT2D eigenvalue weighted by Crippen LogP contribution is -2.04. The molecule has 2 aromatic carbocycles. The molecule has 0 spiro atoms. The fourth-order valence-electron chi connectivity index (χ4n) is 2.21. The van der Waals surface area contributed by atoms with Crippen molar-refractivity contribution in [2.45, 2.75) is 12.8 Å². The first-order chi connectivity index (χ1) is 11.6. The highest BCUT2D eigenvalue weighted by atomic mass is 16.6. The Morgan fingerprint density at radius 1 is 1.21 bits per heavy atom. The van der Waals surface area contributed by atoms with Gasteiger partial charge in [-0.3, -0.25) is 10.1 Å². The van der Waals surface area contributed by atoms with Crippen LogP contribution in [0.2, 0.25) is 0 Å². The van der Waals surface area contributed by atoms with E-state index in [0.717, 1.165) is 12.0 Å². The van der Waals surface area contributed by atoms with Gasteiger partial charge in [-0.2, -0.15) is 0 Å². The number of ether oxygens (including phenoxy) is 2. The predicted octanol–water partition coefficient (Wildman–Crippen LogP) is 3.07. The molecule has 2 aromatic rings. The van der Waals surface area contributed by atoms with Crippen LogP contribution >= 0.6 is 0 Å². The number of carbonyl (C=O) groups excluding carboxylic acids is 1. The van der Waals surface area contributed by atoms with Gasteiger partial charge in [-0.05, 0) is 43.1 Å². The summed E-state index contributed by atoms with van der Waals surface area (Å²) in [5.41, 5.74) is 6.30. The summed E-state index contributed by atoms with van der Waals surface area (Å²) in [6.45, 7) is 0.512. The van der Waals surface area contributed by atoms with Gasteiger partial charge in [0, 0.05) is 6.07 Å². The second-order valence-electron chi connectivity index (χ2n) is 5.04. The Hall–Kier alpha value is -2.93. The summed E-state index contributed by atoms with van der Waals surface area (Å²) < 4.78 is 10.3. The summed E-state index contributed by atoms with van der Waals surface area (Å²) in [7, 11) is 1.26. The fraction of sp³-hybridized carbons (Fsp3) is 0.235. The van der Waals surface area contributed by atoms with Gasteiger partial charge in [0.25, 0.3) is 0 Å². The van der Waals surface area contributed by atoms with Crippen LogP contribution in [-0.4, -0.2) is 24.5 Å². The number of nitrogens with two attached hydrogens (primary N) is 1. The molecule has 126 valence electrons. The number of esters is 1. The van der Waals surface area contributed by atoms with Gasteiger partial charge in [-0.25, -0.2) is 4.79 Å². The minimum absolute atomic E-state index is 0.0628. The highest BCUT2D eigenvalue weighted by molar-refractivity contribution is 5.92. The molecule has 0 fully saturated rings. The molecule has 0 saturated carbocycles. The Kier molecular flexibility index (Phi) is 5.86. The van der Waals surface area contributed by atoms with E-state index in [1.165, 1.54) is 25.3 Å². The zero-order valence-electron chi connectivity index (χ0n) is 13.2. The lowest BCUT2D eigenvalue weighted by atomic mass is 10.1. The van der Waals surface area contributed by atoms with Crippen LogP contribution in [0.1, 0.15) is 22.3 Å². The molecule has 0 aliphatic carbocycles. The summed E-state index contributed by atoms with van der Waals surface area (Å²) >= 11 is 0. The van der Waals surface area contributed by atoms with Crippen molar-refractivity contribution in [3.8, 4) is 11.5 Å². The van der Waals surface area contributed by atoms with Gasteiger partial charge in [0.1, 0.15) is 11.3 Å². The van der Waals surface area contributed by atoms with Crippen LogP contribution in [-0.2, 0) is 11.2 Å². The molecule has 0 aliphatic rings. The highest BCUT2D eigenvalue weighted by Crippen LogP contribution is 2.34. The summed E-state index contributed by atoms with van der Waals surface area (Å²) in [5.74, 6) is -0.317. The molecule has 0 saturated heterocycles. The van der Waals surface area contributed by atoms with Gasteiger partial charge in [-0.1, -0.05) is 18.2 Å². The van der Waals surface area contributed by atoms with Gasteiger partial charge >= 0.3 is 11.7 Å². The molecule has 0 amide bonds.